The van der Waals surface area contributed by atoms with Crippen molar-refractivity contribution in [3.8, 4) is 0 Å². The normalized spacial score (nSPS) is 16.2. The molecular formula is C15H24BrCl2N3O. The summed E-state index contributed by atoms with van der Waals surface area (Å²) in [7, 11) is 2.10. The monoisotopic (exact) mass is 411 g/mol. The fraction of sp³-hybridized carbons (Fsp3) is 0.533. The number of benzene rings is 1. The number of nitrogens with one attached hydrogen (secondary N) is 1. The standard InChI is InChI=1S/C15H22BrN3O.2ClH/c1-15(17,11-3-5-12(16)6-4-11)14(20)18-9-10-19(2)13-7-8-13;;/h3-6,13H,7-10,17H2,1-2H3,(H,18,20);2*1H. The lowest BCUT2D eigenvalue weighted by molar-refractivity contribution is -0.126. The van der Waals surface area contributed by atoms with Crippen LogP contribution in [0.25, 0.3) is 0 Å². The van der Waals surface area contributed by atoms with Crippen LogP contribution in [-0.2, 0) is 10.3 Å². The van der Waals surface area contributed by atoms with Crippen molar-refractivity contribution in [3.63, 3.8) is 0 Å². The molecule has 22 heavy (non-hydrogen) atoms. The summed E-state index contributed by atoms with van der Waals surface area (Å²) in [5, 5.41) is 2.93. The van der Waals surface area contributed by atoms with Crippen LogP contribution in [0.4, 0.5) is 0 Å². The van der Waals surface area contributed by atoms with E-state index in [-0.39, 0.29) is 30.7 Å². The van der Waals surface area contributed by atoms with Crippen molar-refractivity contribution in [3.05, 3.63) is 34.3 Å². The number of carbonyl (C=O) groups excluding carboxylic acids is 1. The quantitative estimate of drug-likeness (QED) is 0.754. The molecule has 0 heterocycles. The highest BCUT2D eigenvalue weighted by molar-refractivity contribution is 9.10. The molecule has 1 unspecified atom stereocenters. The zero-order chi connectivity index (χ0) is 14.8. The van der Waals surface area contributed by atoms with Crippen molar-refractivity contribution in [2.24, 2.45) is 5.73 Å². The second kappa shape index (κ2) is 9.08. The summed E-state index contributed by atoms with van der Waals surface area (Å²) in [5.41, 5.74) is 5.99. The number of hydrogen-bond acceptors (Lipinski definition) is 3. The predicted molar refractivity (Wildman–Crippen MR) is 98.8 cm³/mol. The average molecular weight is 413 g/mol. The third kappa shape index (κ3) is 5.70. The van der Waals surface area contributed by atoms with Crippen LogP contribution in [0.15, 0.2) is 28.7 Å². The Morgan fingerprint density at radius 2 is 1.91 bits per heavy atom. The number of amides is 1. The Morgan fingerprint density at radius 1 is 1.36 bits per heavy atom. The Bertz CT molecular complexity index is 478. The Labute approximate surface area is 153 Å². The van der Waals surface area contributed by atoms with Gasteiger partial charge in [-0.1, -0.05) is 28.1 Å². The van der Waals surface area contributed by atoms with Gasteiger partial charge in [0.05, 0.1) is 0 Å². The smallest absolute Gasteiger partial charge is 0.244 e. The summed E-state index contributed by atoms with van der Waals surface area (Å²) >= 11 is 3.38. The number of halogens is 3. The van der Waals surface area contributed by atoms with E-state index in [1.54, 1.807) is 6.92 Å². The lowest BCUT2D eigenvalue weighted by atomic mass is 9.92. The van der Waals surface area contributed by atoms with Gasteiger partial charge in [0.15, 0.2) is 0 Å². The summed E-state index contributed by atoms with van der Waals surface area (Å²) in [6.45, 7) is 3.25. The number of hydrogen-bond donors (Lipinski definition) is 2. The molecule has 1 atom stereocenters. The molecule has 1 aliphatic rings. The number of carbonyl (C=O) groups is 1. The van der Waals surface area contributed by atoms with E-state index >= 15 is 0 Å². The number of rotatable bonds is 6. The summed E-state index contributed by atoms with van der Waals surface area (Å²) in [5.74, 6) is -0.135. The Hall–Kier alpha value is -0.330. The maximum absolute atomic E-state index is 12.3. The second-order valence-electron chi connectivity index (χ2n) is 5.68. The molecule has 0 saturated heterocycles. The molecule has 3 N–H and O–H groups in total. The van der Waals surface area contributed by atoms with E-state index in [4.69, 9.17) is 5.73 Å². The minimum absolute atomic E-state index is 0. The van der Waals surface area contributed by atoms with E-state index in [0.29, 0.717) is 12.6 Å². The van der Waals surface area contributed by atoms with Crippen molar-refractivity contribution in [1.82, 2.24) is 10.2 Å². The molecule has 0 bridgehead atoms. The molecular weight excluding hydrogens is 389 g/mol. The molecule has 1 aromatic rings. The Morgan fingerprint density at radius 3 is 2.41 bits per heavy atom. The molecule has 126 valence electrons. The third-order valence-electron chi connectivity index (χ3n) is 3.84. The maximum atomic E-state index is 12.3. The molecule has 0 radical (unpaired) electrons. The van der Waals surface area contributed by atoms with Gasteiger partial charge in [0.1, 0.15) is 5.54 Å². The molecule has 4 nitrogen and oxygen atoms in total. The number of nitrogens with two attached hydrogens (primary N) is 1. The maximum Gasteiger partial charge on any atom is 0.244 e. The summed E-state index contributed by atoms with van der Waals surface area (Å²) < 4.78 is 0.975. The minimum Gasteiger partial charge on any atom is -0.353 e. The largest absolute Gasteiger partial charge is 0.353 e. The molecule has 1 fully saturated rings. The first-order chi connectivity index (χ1) is 9.41. The van der Waals surface area contributed by atoms with Gasteiger partial charge in [-0.15, -0.1) is 24.8 Å². The van der Waals surface area contributed by atoms with Gasteiger partial charge in [-0.05, 0) is 44.5 Å². The third-order valence-corrected chi connectivity index (χ3v) is 4.36. The molecule has 1 aromatic carbocycles. The zero-order valence-corrected chi connectivity index (χ0v) is 16.1. The fourth-order valence-electron chi connectivity index (χ4n) is 2.15. The number of likely N-dealkylation sites (N-methyl/N-ethyl adjacent to an activating group) is 1. The van der Waals surface area contributed by atoms with Crippen molar-refractivity contribution in [2.75, 3.05) is 20.1 Å². The minimum atomic E-state index is -1.00. The van der Waals surface area contributed by atoms with E-state index in [9.17, 15) is 4.79 Å². The summed E-state index contributed by atoms with van der Waals surface area (Å²) in [4.78, 5) is 14.5. The van der Waals surface area contributed by atoms with Crippen LogP contribution >= 0.6 is 40.7 Å². The number of nitrogens with zero attached hydrogens (tertiary/aromatic N) is 1. The molecule has 7 heteroatoms. The van der Waals surface area contributed by atoms with Gasteiger partial charge in [-0.3, -0.25) is 4.79 Å². The Kier molecular flexibility index (Phi) is 8.95. The predicted octanol–water partition coefficient (Wildman–Crippen LogP) is 2.68. The summed E-state index contributed by atoms with van der Waals surface area (Å²) in [6.07, 6.45) is 2.55. The average Bonchev–Trinajstić information content (AvgIpc) is 3.23. The van der Waals surface area contributed by atoms with Crippen molar-refractivity contribution >= 4 is 46.7 Å². The van der Waals surface area contributed by atoms with Gasteiger partial charge in [0.25, 0.3) is 0 Å². The topological polar surface area (TPSA) is 58.4 Å². The van der Waals surface area contributed by atoms with Crippen molar-refractivity contribution in [1.29, 1.82) is 0 Å². The first-order valence-electron chi connectivity index (χ1n) is 6.94. The van der Waals surface area contributed by atoms with Crippen LogP contribution in [0.2, 0.25) is 0 Å². The highest BCUT2D eigenvalue weighted by Gasteiger charge is 2.30. The van der Waals surface area contributed by atoms with Crippen LogP contribution in [-0.4, -0.2) is 37.0 Å². The van der Waals surface area contributed by atoms with Crippen molar-refractivity contribution < 1.29 is 4.79 Å². The van der Waals surface area contributed by atoms with E-state index in [0.717, 1.165) is 16.6 Å². The van der Waals surface area contributed by atoms with Crippen molar-refractivity contribution in [2.45, 2.75) is 31.3 Å². The van der Waals surface area contributed by atoms with Gasteiger partial charge in [-0.25, -0.2) is 0 Å². The second-order valence-corrected chi connectivity index (χ2v) is 6.59. The highest BCUT2D eigenvalue weighted by Crippen LogP contribution is 2.24. The lowest BCUT2D eigenvalue weighted by Gasteiger charge is -2.25. The molecule has 1 amide bonds. The van der Waals surface area contributed by atoms with E-state index in [1.165, 1.54) is 12.8 Å². The lowest BCUT2D eigenvalue weighted by Crippen LogP contribution is -2.50. The SMILES string of the molecule is CN(CCNC(=O)C(C)(N)c1ccc(Br)cc1)C1CC1.Cl.Cl. The van der Waals surface area contributed by atoms with Crippen LogP contribution in [0.3, 0.4) is 0 Å². The highest BCUT2D eigenvalue weighted by atomic mass is 79.9. The molecule has 1 saturated carbocycles. The van der Waals surface area contributed by atoms with Gasteiger partial charge >= 0.3 is 0 Å². The molecule has 0 aromatic heterocycles. The van der Waals surface area contributed by atoms with Crippen LogP contribution in [0.1, 0.15) is 25.3 Å². The fourth-order valence-corrected chi connectivity index (χ4v) is 2.42. The van der Waals surface area contributed by atoms with Gasteiger partial charge in [-0.2, -0.15) is 0 Å². The summed E-state index contributed by atoms with van der Waals surface area (Å²) in [6, 6.07) is 8.26. The molecule has 2 rings (SSSR count). The van der Waals surface area contributed by atoms with Gasteiger partial charge in [0, 0.05) is 23.6 Å². The zero-order valence-electron chi connectivity index (χ0n) is 12.8. The van der Waals surface area contributed by atoms with Gasteiger partial charge < -0.3 is 16.0 Å². The van der Waals surface area contributed by atoms with E-state index < -0.39 is 5.54 Å². The Balaban J connectivity index is 0.00000220. The van der Waals surface area contributed by atoms with Gasteiger partial charge in [0.2, 0.25) is 5.91 Å². The first kappa shape index (κ1) is 21.7. The molecule has 0 spiro atoms. The van der Waals surface area contributed by atoms with Crippen LogP contribution < -0.4 is 11.1 Å². The molecule has 0 aliphatic heterocycles. The van der Waals surface area contributed by atoms with Crippen LogP contribution in [0.5, 0.6) is 0 Å². The molecule has 1 aliphatic carbocycles. The first-order valence-corrected chi connectivity index (χ1v) is 7.74. The van der Waals surface area contributed by atoms with E-state index in [1.807, 2.05) is 24.3 Å². The van der Waals surface area contributed by atoms with Crippen LogP contribution in [0, 0.1) is 0 Å². The van der Waals surface area contributed by atoms with E-state index in [2.05, 4.69) is 33.2 Å².